The van der Waals surface area contributed by atoms with Gasteiger partial charge in [-0.15, -0.1) is 0 Å². The molecule has 1 heterocycles. The van der Waals surface area contributed by atoms with Crippen LogP contribution in [0.3, 0.4) is 0 Å². The fourth-order valence-corrected chi connectivity index (χ4v) is 2.22. The molecular weight excluding hydrogens is 222 g/mol. The minimum atomic E-state index is 0.349. The van der Waals surface area contributed by atoms with Crippen molar-refractivity contribution in [2.24, 2.45) is 0 Å². The Morgan fingerprint density at radius 1 is 1.28 bits per heavy atom. The highest BCUT2D eigenvalue weighted by Gasteiger charge is 2.17. The summed E-state index contributed by atoms with van der Waals surface area (Å²) in [5.74, 6) is 1.12. The number of hydrogen-bond acceptors (Lipinski definition) is 3. The van der Waals surface area contributed by atoms with Crippen molar-refractivity contribution in [3.05, 3.63) is 23.9 Å². The molecule has 0 aliphatic carbocycles. The normalized spacial score (nSPS) is 12.8. The van der Waals surface area contributed by atoms with Gasteiger partial charge in [0.1, 0.15) is 5.82 Å². The lowest BCUT2D eigenvalue weighted by Gasteiger charge is -2.30. The van der Waals surface area contributed by atoms with E-state index in [9.17, 15) is 0 Å². The number of hydrogen-bond donors (Lipinski definition) is 1. The Kier molecular flexibility index (Phi) is 6.13. The Bertz CT molecular complexity index is 349. The monoisotopic (exact) mass is 249 g/mol. The maximum Gasteiger partial charge on any atom is 0.133 e. The minimum absolute atomic E-state index is 0.349. The minimum Gasteiger partial charge on any atom is -0.354 e. The number of aromatic nitrogens is 1. The van der Waals surface area contributed by atoms with Gasteiger partial charge in [-0.3, -0.25) is 0 Å². The topological polar surface area (TPSA) is 28.2 Å². The van der Waals surface area contributed by atoms with E-state index in [1.807, 2.05) is 12.3 Å². The van der Waals surface area contributed by atoms with E-state index in [0.29, 0.717) is 12.1 Å². The Balaban J connectivity index is 2.97. The number of pyridine rings is 1. The zero-order chi connectivity index (χ0) is 13.5. The first-order valence-electron chi connectivity index (χ1n) is 7.06. The Morgan fingerprint density at radius 2 is 2.00 bits per heavy atom. The number of rotatable bonds is 7. The molecule has 1 aromatic rings. The van der Waals surface area contributed by atoms with Crippen molar-refractivity contribution in [1.82, 2.24) is 10.3 Å². The molecule has 0 fully saturated rings. The molecule has 0 aliphatic heterocycles. The summed E-state index contributed by atoms with van der Waals surface area (Å²) in [7, 11) is 0. The molecule has 1 atom stereocenters. The van der Waals surface area contributed by atoms with Gasteiger partial charge in [-0.1, -0.05) is 13.0 Å². The second-order valence-electron chi connectivity index (χ2n) is 4.97. The van der Waals surface area contributed by atoms with Crippen LogP contribution in [0.5, 0.6) is 0 Å². The first-order chi connectivity index (χ1) is 8.61. The fourth-order valence-electron chi connectivity index (χ4n) is 2.22. The third kappa shape index (κ3) is 3.70. The molecule has 102 valence electrons. The number of nitrogens with zero attached hydrogens (tertiary/aromatic N) is 2. The van der Waals surface area contributed by atoms with Crippen LogP contribution in [0.15, 0.2) is 18.3 Å². The average Bonchev–Trinajstić information content (AvgIpc) is 2.37. The zero-order valence-electron chi connectivity index (χ0n) is 12.4. The van der Waals surface area contributed by atoms with Crippen LogP contribution < -0.4 is 10.2 Å². The summed E-state index contributed by atoms with van der Waals surface area (Å²) in [6.45, 7) is 13.0. The van der Waals surface area contributed by atoms with E-state index in [0.717, 1.165) is 25.3 Å². The second kappa shape index (κ2) is 7.37. The molecule has 0 spiro atoms. The molecule has 1 N–H and O–H groups in total. The van der Waals surface area contributed by atoms with Gasteiger partial charge in [0.2, 0.25) is 0 Å². The van der Waals surface area contributed by atoms with E-state index in [1.54, 1.807) is 0 Å². The van der Waals surface area contributed by atoms with Gasteiger partial charge in [-0.25, -0.2) is 4.98 Å². The van der Waals surface area contributed by atoms with Crippen molar-refractivity contribution in [1.29, 1.82) is 0 Å². The first kappa shape index (κ1) is 15.0. The highest BCUT2D eigenvalue weighted by molar-refractivity contribution is 5.48. The van der Waals surface area contributed by atoms with Crippen molar-refractivity contribution >= 4 is 5.82 Å². The van der Waals surface area contributed by atoms with Crippen LogP contribution in [0, 0.1) is 0 Å². The highest BCUT2D eigenvalue weighted by atomic mass is 15.2. The quantitative estimate of drug-likeness (QED) is 0.803. The van der Waals surface area contributed by atoms with E-state index in [1.165, 1.54) is 5.56 Å². The number of nitrogens with one attached hydrogen (secondary N) is 1. The van der Waals surface area contributed by atoms with Gasteiger partial charge in [-0.2, -0.15) is 0 Å². The molecule has 1 aromatic heterocycles. The first-order valence-corrected chi connectivity index (χ1v) is 7.06. The maximum absolute atomic E-state index is 4.59. The molecule has 0 saturated carbocycles. The molecule has 0 bridgehead atoms. The van der Waals surface area contributed by atoms with Gasteiger partial charge in [-0.05, 0) is 46.7 Å². The lowest BCUT2D eigenvalue weighted by Crippen LogP contribution is -2.33. The van der Waals surface area contributed by atoms with Crippen LogP contribution in [0.1, 0.15) is 52.6 Å². The molecule has 0 aromatic carbocycles. The van der Waals surface area contributed by atoms with Crippen molar-refractivity contribution in [3.8, 4) is 0 Å². The maximum atomic E-state index is 4.59. The Morgan fingerprint density at radius 3 is 2.56 bits per heavy atom. The molecule has 0 aliphatic rings. The van der Waals surface area contributed by atoms with Gasteiger partial charge in [0.15, 0.2) is 0 Å². The zero-order valence-corrected chi connectivity index (χ0v) is 12.4. The molecule has 3 nitrogen and oxygen atoms in total. The smallest absolute Gasteiger partial charge is 0.133 e. The summed E-state index contributed by atoms with van der Waals surface area (Å²) in [6.07, 6.45) is 3.04. The molecule has 0 amide bonds. The predicted octanol–water partition coefficient (Wildman–Crippen LogP) is 3.38. The van der Waals surface area contributed by atoms with Crippen LogP contribution in [0.25, 0.3) is 0 Å². The average molecular weight is 249 g/mol. The van der Waals surface area contributed by atoms with E-state index in [4.69, 9.17) is 0 Å². The third-order valence-electron chi connectivity index (χ3n) is 3.22. The van der Waals surface area contributed by atoms with Gasteiger partial charge in [0, 0.05) is 30.4 Å². The second-order valence-corrected chi connectivity index (χ2v) is 4.97. The predicted molar refractivity (Wildman–Crippen MR) is 79.1 cm³/mol. The Labute approximate surface area is 112 Å². The molecule has 3 heteroatoms. The van der Waals surface area contributed by atoms with E-state index in [2.05, 4.69) is 55.9 Å². The highest BCUT2D eigenvalue weighted by Crippen LogP contribution is 2.25. The summed E-state index contributed by atoms with van der Waals surface area (Å²) in [5.41, 5.74) is 1.29. The number of anilines is 1. The van der Waals surface area contributed by atoms with Gasteiger partial charge in [0.05, 0.1) is 0 Å². The molecular formula is C15H27N3. The summed E-state index contributed by atoms with van der Waals surface area (Å²) in [6, 6.07) is 5.03. The van der Waals surface area contributed by atoms with Crippen LogP contribution in [-0.4, -0.2) is 24.1 Å². The Hall–Kier alpha value is -1.09. The molecule has 1 unspecified atom stereocenters. The third-order valence-corrected chi connectivity index (χ3v) is 3.22. The van der Waals surface area contributed by atoms with Gasteiger partial charge >= 0.3 is 0 Å². The van der Waals surface area contributed by atoms with Crippen molar-refractivity contribution in [3.63, 3.8) is 0 Å². The molecule has 0 saturated heterocycles. The van der Waals surface area contributed by atoms with E-state index in [-0.39, 0.29) is 0 Å². The standard InChI is InChI=1S/C15H27N3/c1-6-10-16-13(5)14-9-8-11-17-15(14)18(7-2)12(3)4/h8-9,11-13,16H,6-7,10H2,1-5H3. The lowest BCUT2D eigenvalue weighted by molar-refractivity contribution is 0.564. The van der Waals surface area contributed by atoms with Gasteiger partial charge < -0.3 is 10.2 Å². The molecule has 1 rings (SSSR count). The van der Waals surface area contributed by atoms with Crippen molar-refractivity contribution in [2.45, 2.75) is 53.1 Å². The largest absolute Gasteiger partial charge is 0.354 e. The summed E-state index contributed by atoms with van der Waals surface area (Å²) < 4.78 is 0. The lowest BCUT2D eigenvalue weighted by atomic mass is 10.1. The summed E-state index contributed by atoms with van der Waals surface area (Å²) in [4.78, 5) is 6.93. The fraction of sp³-hybridized carbons (Fsp3) is 0.667. The van der Waals surface area contributed by atoms with Crippen LogP contribution in [0.4, 0.5) is 5.82 Å². The van der Waals surface area contributed by atoms with Crippen molar-refractivity contribution in [2.75, 3.05) is 18.0 Å². The van der Waals surface area contributed by atoms with Crippen molar-refractivity contribution < 1.29 is 0 Å². The van der Waals surface area contributed by atoms with Crippen LogP contribution in [-0.2, 0) is 0 Å². The van der Waals surface area contributed by atoms with Gasteiger partial charge in [0.25, 0.3) is 0 Å². The van der Waals surface area contributed by atoms with Crippen LogP contribution >= 0.6 is 0 Å². The SMILES string of the molecule is CCCNC(C)c1cccnc1N(CC)C(C)C. The van der Waals surface area contributed by atoms with E-state index < -0.39 is 0 Å². The summed E-state index contributed by atoms with van der Waals surface area (Å²) >= 11 is 0. The van der Waals surface area contributed by atoms with E-state index >= 15 is 0 Å². The summed E-state index contributed by atoms with van der Waals surface area (Å²) in [5, 5.41) is 3.54. The van der Waals surface area contributed by atoms with Crippen LogP contribution in [0.2, 0.25) is 0 Å². The molecule has 0 radical (unpaired) electrons. The molecule has 18 heavy (non-hydrogen) atoms.